The first-order valence-electron chi connectivity index (χ1n) is 5.65. The summed E-state index contributed by atoms with van der Waals surface area (Å²) in [5.41, 5.74) is -0.247. The minimum absolute atomic E-state index is 0.110. The van der Waals surface area contributed by atoms with E-state index in [9.17, 15) is 31.1 Å². The maximum absolute atomic E-state index is 12.0. The van der Waals surface area contributed by atoms with Crippen LogP contribution in [-0.2, 0) is 0 Å². The first kappa shape index (κ1) is 17.1. The standard InChI is InChI=1S/C12H10F6O3/c13-11(14,15)4-1-5-20-10-3-2-9(6-8(10)7-19)21-12(16,17)18/h2-3,6-7H,1,4-5H2. The SMILES string of the molecule is O=Cc1cc(OC(F)(F)F)ccc1OCCCC(F)(F)F. The highest BCUT2D eigenvalue weighted by Crippen LogP contribution is 2.28. The van der Waals surface area contributed by atoms with Crippen LogP contribution in [0, 0.1) is 0 Å². The number of hydrogen-bond acceptors (Lipinski definition) is 3. The van der Waals surface area contributed by atoms with Crippen LogP contribution in [0.5, 0.6) is 11.5 Å². The minimum atomic E-state index is -4.91. The molecule has 0 unspecified atom stereocenters. The molecule has 0 atom stereocenters. The second kappa shape index (κ2) is 6.68. The van der Waals surface area contributed by atoms with E-state index in [1.165, 1.54) is 0 Å². The van der Waals surface area contributed by atoms with Crippen LogP contribution in [0.4, 0.5) is 26.3 Å². The number of rotatable bonds is 6. The number of ether oxygens (including phenoxy) is 2. The Morgan fingerprint density at radius 3 is 2.29 bits per heavy atom. The maximum Gasteiger partial charge on any atom is 0.573 e. The molecule has 0 radical (unpaired) electrons. The molecule has 3 nitrogen and oxygen atoms in total. The van der Waals surface area contributed by atoms with Gasteiger partial charge < -0.3 is 9.47 Å². The molecule has 0 bridgehead atoms. The lowest BCUT2D eigenvalue weighted by atomic mass is 10.2. The molecule has 0 aliphatic carbocycles. The van der Waals surface area contributed by atoms with E-state index in [0.717, 1.165) is 18.2 Å². The van der Waals surface area contributed by atoms with Gasteiger partial charge in [0.05, 0.1) is 12.2 Å². The van der Waals surface area contributed by atoms with Gasteiger partial charge in [0.2, 0.25) is 0 Å². The summed E-state index contributed by atoms with van der Waals surface area (Å²) in [6, 6.07) is 2.72. The summed E-state index contributed by atoms with van der Waals surface area (Å²) in [6.45, 7) is -0.320. The highest BCUT2D eigenvalue weighted by molar-refractivity contribution is 5.80. The molecule has 21 heavy (non-hydrogen) atoms. The van der Waals surface area contributed by atoms with Gasteiger partial charge >= 0.3 is 12.5 Å². The van der Waals surface area contributed by atoms with Gasteiger partial charge in [-0.1, -0.05) is 0 Å². The lowest BCUT2D eigenvalue weighted by Crippen LogP contribution is -2.17. The lowest BCUT2D eigenvalue weighted by Gasteiger charge is -2.12. The Kier molecular flexibility index (Phi) is 5.45. The third kappa shape index (κ3) is 6.87. The van der Waals surface area contributed by atoms with E-state index < -0.39 is 24.7 Å². The van der Waals surface area contributed by atoms with Gasteiger partial charge in [-0.15, -0.1) is 13.2 Å². The Bertz CT molecular complexity index is 481. The summed E-state index contributed by atoms with van der Waals surface area (Å²) in [7, 11) is 0. The van der Waals surface area contributed by atoms with Gasteiger partial charge in [-0.25, -0.2) is 0 Å². The quantitative estimate of drug-likeness (QED) is 0.450. The molecule has 9 heteroatoms. The van der Waals surface area contributed by atoms with Crippen LogP contribution >= 0.6 is 0 Å². The van der Waals surface area contributed by atoms with Gasteiger partial charge in [0.25, 0.3) is 0 Å². The Morgan fingerprint density at radius 1 is 1.10 bits per heavy atom. The highest BCUT2D eigenvalue weighted by atomic mass is 19.4. The van der Waals surface area contributed by atoms with Gasteiger partial charge in [0, 0.05) is 6.42 Å². The molecule has 0 N–H and O–H groups in total. The zero-order chi connectivity index (χ0) is 16.1. The lowest BCUT2D eigenvalue weighted by molar-refractivity contribution is -0.274. The van der Waals surface area contributed by atoms with Crippen molar-refractivity contribution in [1.29, 1.82) is 0 Å². The van der Waals surface area contributed by atoms with Gasteiger partial charge in [-0.2, -0.15) is 13.2 Å². The first-order valence-corrected chi connectivity index (χ1v) is 5.65. The Hall–Kier alpha value is -1.93. The molecule has 0 aliphatic rings. The Labute approximate surface area is 115 Å². The van der Waals surface area contributed by atoms with Crippen molar-refractivity contribution in [2.45, 2.75) is 25.4 Å². The Morgan fingerprint density at radius 2 is 1.76 bits per heavy atom. The van der Waals surface area contributed by atoms with Gasteiger partial charge in [-0.05, 0) is 24.6 Å². The fourth-order valence-electron chi connectivity index (χ4n) is 1.40. The molecule has 0 saturated heterocycles. The zero-order valence-electron chi connectivity index (χ0n) is 10.4. The van der Waals surface area contributed by atoms with Crippen LogP contribution < -0.4 is 9.47 Å². The predicted octanol–water partition coefficient (Wildman–Crippen LogP) is 4.12. The molecule has 0 heterocycles. The summed E-state index contributed by atoms with van der Waals surface area (Å²) in [5, 5.41) is 0. The van der Waals surface area contributed by atoms with E-state index in [1.54, 1.807) is 0 Å². The maximum atomic E-state index is 12.0. The summed E-state index contributed by atoms with van der Waals surface area (Å²) in [4.78, 5) is 10.7. The summed E-state index contributed by atoms with van der Waals surface area (Å²) in [6.07, 6.45) is -10.4. The molecule has 1 aromatic rings. The van der Waals surface area contributed by atoms with E-state index in [-0.39, 0.29) is 30.6 Å². The first-order chi connectivity index (χ1) is 9.61. The van der Waals surface area contributed by atoms with Gasteiger partial charge in [0.1, 0.15) is 11.5 Å². The van der Waals surface area contributed by atoms with E-state index in [1.807, 2.05) is 0 Å². The fourth-order valence-corrected chi connectivity index (χ4v) is 1.40. The van der Waals surface area contributed by atoms with Crippen molar-refractivity contribution in [3.63, 3.8) is 0 Å². The molecule has 0 aliphatic heterocycles. The summed E-state index contributed by atoms with van der Waals surface area (Å²) in [5.74, 6) is -0.728. The van der Waals surface area contributed by atoms with Crippen LogP contribution in [0.15, 0.2) is 18.2 Å². The van der Waals surface area contributed by atoms with Gasteiger partial charge in [0.15, 0.2) is 6.29 Å². The third-order valence-corrected chi connectivity index (χ3v) is 2.20. The van der Waals surface area contributed by atoms with Crippen LogP contribution in [0.2, 0.25) is 0 Å². The molecule has 0 fully saturated rings. The number of aldehydes is 1. The van der Waals surface area contributed by atoms with Crippen molar-refractivity contribution in [3.05, 3.63) is 23.8 Å². The van der Waals surface area contributed by atoms with Crippen LogP contribution in [0.3, 0.4) is 0 Å². The summed E-state index contributed by atoms with van der Waals surface area (Å²) >= 11 is 0. The molecule has 1 rings (SSSR count). The van der Waals surface area contributed by atoms with Crippen LogP contribution in [0.25, 0.3) is 0 Å². The zero-order valence-corrected chi connectivity index (χ0v) is 10.4. The number of halogens is 6. The van der Waals surface area contributed by atoms with E-state index >= 15 is 0 Å². The van der Waals surface area contributed by atoms with Crippen molar-refractivity contribution in [1.82, 2.24) is 0 Å². The molecular weight excluding hydrogens is 306 g/mol. The third-order valence-electron chi connectivity index (χ3n) is 2.20. The molecule has 118 valence electrons. The number of alkyl halides is 6. The van der Waals surface area contributed by atoms with E-state index in [2.05, 4.69) is 4.74 Å². The van der Waals surface area contributed by atoms with Crippen molar-refractivity contribution >= 4 is 6.29 Å². The number of carbonyl (C=O) groups excluding carboxylic acids is 1. The normalized spacial score (nSPS) is 12.1. The average molecular weight is 316 g/mol. The number of benzene rings is 1. The van der Waals surface area contributed by atoms with Crippen molar-refractivity contribution in [2.24, 2.45) is 0 Å². The smallest absolute Gasteiger partial charge is 0.493 e. The molecule has 0 spiro atoms. The number of carbonyl (C=O) groups is 1. The monoisotopic (exact) mass is 316 g/mol. The van der Waals surface area contributed by atoms with Crippen molar-refractivity contribution in [2.75, 3.05) is 6.61 Å². The highest BCUT2D eigenvalue weighted by Gasteiger charge is 2.31. The average Bonchev–Trinajstić information content (AvgIpc) is 2.32. The largest absolute Gasteiger partial charge is 0.573 e. The predicted molar refractivity (Wildman–Crippen MR) is 59.3 cm³/mol. The van der Waals surface area contributed by atoms with Crippen LogP contribution in [0.1, 0.15) is 23.2 Å². The van der Waals surface area contributed by atoms with Crippen molar-refractivity contribution < 1.29 is 40.6 Å². The van der Waals surface area contributed by atoms with Gasteiger partial charge in [-0.3, -0.25) is 4.79 Å². The molecule has 0 amide bonds. The molecule has 0 aromatic heterocycles. The second-order valence-electron chi connectivity index (χ2n) is 3.93. The molecule has 1 aromatic carbocycles. The summed E-state index contributed by atoms with van der Waals surface area (Å²) < 4.78 is 80.2. The second-order valence-corrected chi connectivity index (χ2v) is 3.93. The Balaban J connectivity index is 2.65. The number of hydrogen-bond donors (Lipinski definition) is 0. The van der Waals surface area contributed by atoms with Crippen LogP contribution in [-0.4, -0.2) is 25.4 Å². The topological polar surface area (TPSA) is 35.5 Å². The molecular formula is C12H10F6O3. The van der Waals surface area contributed by atoms with Crippen molar-refractivity contribution in [3.8, 4) is 11.5 Å². The molecule has 0 saturated carbocycles. The fraction of sp³-hybridized carbons (Fsp3) is 0.417. The van der Waals surface area contributed by atoms with E-state index in [4.69, 9.17) is 4.74 Å². The van der Waals surface area contributed by atoms with E-state index in [0.29, 0.717) is 0 Å². The minimum Gasteiger partial charge on any atom is -0.493 e.